The average Bonchev–Trinajstić information content (AvgIpc) is 3.30. The zero-order chi connectivity index (χ0) is 19.0. The van der Waals surface area contributed by atoms with E-state index in [1.807, 2.05) is 4.90 Å². The lowest BCUT2D eigenvalue weighted by molar-refractivity contribution is -0.142. The van der Waals surface area contributed by atoms with Crippen molar-refractivity contribution >= 4 is 22.8 Å². The molecule has 0 saturated carbocycles. The minimum absolute atomic E-state index is 0.0157. The molecule has 0 N–H and O–H groups in total. The minimum atomic E-state index is -4.60. The SMILES string of the molecule is O=C(CN1CCCCC1)c1cc2nc(-c3cccs3)cc(C(F)(F)F)n2n1. The molecule has 0 bridgehead atoms. The second-order valence-corrected chi connectivity index (χ2v) is 7.51. The van der Waals surface area contributed by atoms with Crippen LogP contribution in [0.25, 0.3) is 16.2 Å². The van der Waals surface area contributed by atoms with E-state index in [0.29, 0.717) is 4.88 Å². The number of Topliss-reactive ketones (excluding diaryl/α,β-unsaturated/α-hetero) is 1. The van der Waals surface area contributed by atoms with Gasteiger partial charge in [-0.1, -0.05) is 12.5 Å². The van der Waals surface area contributed by atoms with Crippen LogP contribution in [0.5, 0.6) is 0 Å². The Morgan fingerprint density at radius 3 is 2.63 bits per heavy atom. The second-order valence-electron chi connectivity index (χ2n) is 6.56. The molecule has 9 heteroatoms. The van der Waals surface area contributed by atoms with Gasteiger partial charge in [-0.15, -0.1) is 11.3 Å². The summed E-state index contributed by atoms with van der Waals surface area (Å²) in [4.78, 5) is 19.5. The van der Waals surface area contributed by atoms with E-state index in [1.54, 1.807) is 17.5 Å². The maximum absolute atomic E-state index is 13.5. The van der Waals surface area contributed by atoms with Crippen molar-refractivity contribution in [2.75, 3.05) is 19.6 Å². The molecule has 1 fully saturated rings. The predicted molar refractivity (Wildman–Crippen MR) is 95.9 cm³/mol. The molecule has 0 atom stereocenters. The number of carbonyl (C=O) groups is 1. The van der Waals surface area contributed by atoms with E-state index in [1.165, 1.54) is 17.4 Å². The Hall–Kier alpha value is -2.26. The molecule has 27 heavy (non-hydrogen) atoms. The van der Waals surface area contributed by atoms with Gasteiger partial charge in [0.2, 0.25) is 0 Å². The zero-order valence-corrected chi connectivity index (χ0v) is 15.2. The monoisotopic (exact) mass is 394 g/mol. The Balaban J connectivity index is 1.72. The van der Waals surface area contributed by atoms with Crippen LogP contribution in [0.4, 0.5) is 13.2 Å². The van der Waals surface area contributed by atoms with Crippen LogP contribution in [0, 0.1) is 0 Å². The summed E-state index contributed by atoms with van der Waals surface area (Å²) in [6.07, 6.45) is -1.40. The minimum Gasteiger partial charge on any atom is -0.296 e. The number of likely N-dealkylation sites (tertiary alicyclic amines) is 1. The van der Waals surface area contributed by atoms with Gasteiger partial charge in [-0.25, -0.2) is 9.50 Å². The summed E-state index contributed by atoms with van der Waals surface area (Å²) >= 11 is 1.31. The van der Waals surface area contributed by atoms with Crippen molar-refractivity contribution in [2.24, 2.45) is 0 Å². The Labute approximate surface area is 157 Å². The molecular weight excluding hydrogens is 377 g/mol. The van der Waals surface area contributed by atoms with Crippen LogP contribution in [-0.2, 0) is 6.18 Å². The van der Waals surface area contributed by atoms with Gasteiger partial charge in [0.15, 0.2) is 17.1 Å². The van der Waals surface area contributed by atoms with Gasteiger partial charge in [-0.05, 0) is 43.4 Å². The van der Waals surface area contributed by atoms with Gasteiger partial charge < -0.3 is 0 Å². The van der Waals surface area contributed by atoms with Gasteiger partial charge in [0.05, 0.1) is 17.1 Å². The van der Waals surface area contributed by atoms with Crippen molar-refractivity contribution in [3.8, 4) is 10.6 Å². The quantitative estimate of drug-likeness (QED) is 0.624. The molecule has 3 aromatic rings. The lowest BCUT2D eigenvalue weighted by Gasteiger charge is -2.25. The number of piperidine rings is 1. The lowest BCUT2D eigenvalue weighted by Crippen LogP contribution is -2.34. The number of ketones is 1. The fourth-order valence-corrected chi connectivity index (χ4v) is 3.95. The van der Waals surface area contributed by atoms with Crippen molar-refractivity contribution in [1.29, 1.82) is 0 Å². The van der Waals surface area contributed by atoms with Crippen LogP contribution < -0.4 is 0 Å². The largest absolute Gasteiger partial charge is 0.433 e. The number of rotatable bonds is 4. The highest BCUT2D eigenvalue weighted by atomic mass is 32.1. The normalized spacial score (nSPS) is 16.1. The summed E-state index contributed by atoms with van der Waals surface area (Å²) in [7, 11) is 0. The molecule has 0 aromatic carbocycles. The molecule has 0 aliphatic carbocycles. The molecule has 1 aliphatic heterocycles. The zero-order valence-electron chi connectivity index (χ0n) is 14.4. The first-order valence-corrected chi connectivity index (χ1v) is 9.57. The third-order valence-electron chi connectivity index (χ3n) is 4.59. The van der Waals surface area contributed by atoms with Crippen LogP contribution in [-0.4, -0.2) is 44.9 Å². The summed E-state index contributed by atoms with van der Waals surface area (Å²) in [5.41, 5.74) is -0.676. The fourth-order valence-electron chi connectivity index (χ4n) is 3.26. The number of halogens is 3. The molecular formula is C18H17F3N4OS. The molecule has 3 aromatic heterocycles. The second kappa shape index (κ2) is 7.05. The molecule has 0 unspecified atom stereocenters. The van der Waals surface area contributed by atoms with E-state index < -0.39 is 11.9 Å². The number of carbonyl (C=O) groups excluding carboxylic acids is 1. The maximum atomic E-state index is 13.5. The first kappa shape index (κ1) is 18.1. The van der Waals surface area contributed by atoms with E-state index >= 15 is 0 Å². The van der Waals surface area contributed by atoms with E-state index in [0.717, 1.165) is 42.9 Å². The van der Waals surface area contributed by atoms with Gasteiger partial charge >= 0.3 is 6.18 Å². The predicted octanol–water partition coefficient (Wildman–Crippen LogP) is 4.15. The third kappa shape index (κ3) is 3.74. The number of thiophene rings is 1. The molecule has 4 rings (SSSR count). The molecule has 5 nitrogen and oxygen atoms in total. The summed E-state index contributed by atoms with van der Waals surface area (Å²) in [5.74, 6) is -0.284. The number of fused-ring (bicyclic) bond motifs is 1. The highest BCUT2D eigenvalue weighted by Gasteiger charge is 2.35. The van der Waals surface area contributed by atoms with Gasteiger partial charge in [0.1, 0.15) is 5.69 Å². The van der Waals surface area contributed by atoms with E-state index in [9.17, 15) is 18.0 Å². The van der Waals surface area contributed by atoms with Gasteiger partial charge in [-0.3, -0.25) is 9.69 Å². The third-order valence-corrected chi connectivity index (χ3v) is 5.49. The molecule has 4 heterocycles. The molecule has 0 radical (unpaired) electrons. The Morgan fingerprint density at radius 1 is 1.19 bits per heavy atom. The van der Waals surface area contributed by atoms with E-state index in [-0.39, 0.29) is 29.4 Å². The van der Waals surface area contributed by atoms with Crippen molar-refractivity contribution in [3.63, 3.8) is 0 Å². The van der Waals surface area contributed by atoms with Crippen LogP contribution in [0.1, 0.15) is 35.4 Å². The molecule has 0 spiro atoms. The van der Waals surface area contributed by atoms with Crippen LogP contribution in [0.3, 0.4) is 0 Å². The number of hydrogen-bond donors (Lipinski definition) is 0. The molecule has 1 saturated heterocycles. The number of aromatic nitrogens is 3. The van der Waals surface area contributed by atoms with Crippen molar-refractivity contribution in [1.82, 2.24) is 19.5 Å². The Morgan fingerprint density at radius 2 is 1.96 bits per heavy atom. The lowest BCUT2D eigenvalue weighted by atomic mass is 10.1. The van der Waals surface area contributed by atoms with E-state index in [4.69, 9.17) is 0 Å². The van der Waals surface area contributed by atoms with E-state index in [2.05, 4.69) is 10.1 Å². The highest BCUT2D eigenvalue weighted by Crippen LogP contribution is 2.33. The standard InChI is InChI=1S/C18H17F3N4OS/c19-18(20,21)16-9-13(15-5-4-8-27-15)22-17-10-12(23-25(16)17)14(26)11-24-6-2-1-3-7-24/h4-5,8-10H,1-3,6-7,11H2. The van der Waals surface area contributed by atoms with Crippen molar-refractivity contribution in [2.45, 2.75) is 25.4 Å². The molecule has 1 aliphatic rings. The van der Waals surface area contributed by atoms with Crippen molar-refractivity contribution < 1.29 is 18.0 Å². The Kier molecular flexibility index (Phi) is 4.73. The van der Waals surface area contributed by atoms with Crippen molar-refractivity contribution in [3.05, 3.63) is 41.0 Å². The first-order chi connectivity index (χ1) is 12.9. The van der Waals surface area contributed by atoms with Gasteiger partial charge in [0, 0.05) is 6.07 Å². The van der Waals surface area contributed by atoms with Gasteiger partial charge in [0.25, 0.3) is 0 Å². The van der Waals surface area contributed by atoms with Crippen LogP contribution in [0.2, 0.25) is 0 Å². The summed E-state index contributed by atoms with van der Waals surface area (Å²) in [6.45, 7) is 1.82. The smallest absolute Gasteiger partial charge is 0.296 e. The van der Waals surface area contributed by atoms with Gasteiger partial charge in [-0.2, -0.15) is 18.3 Å². The fraction of sp³-hybridized carbons (Fsp3) is 0.389. The van der Waals surface area contributed by atoms with Crippen LogP contribution >= 0.6 is 11.3 Å². The Bertz CT molecular complexity index is 959. The van der Waals surface area contributed by atoms with Crippen LogP contribution in [0.15, 0.2) is 29.6 Å². The topological polar surface area (TPSA) is 50.5 Å². The summed E-state index contributed by atoms with van der Waals surface area (Å²) < 4.78 is 41.4. The number of hydrogen-bond acceptors (Lipinski definition) is 5. The summed E-state index contributed by atoms with van der Waals surface area (Å²) in [6, 6.07) is 5.79. The number of nitrogens with zero attached hydrogens (tertiary/aromatic N) is 4. The molecule has 142 valence electrons. The highest BCUT2D eigenvalue weighted by molar-refractivity contribution is 7.13. The number of alkyl halides is 3. The maximum Gasteiger partial charge on any atom is 0.433 e. The molecule has 0 amide bonds. The average molecular weight is 394 g/mol. The first-order valence-electron chi connectivity index (χ1n) is 8.69. The summed E-state index contributed by atoms with van der Waals surface area (Å²) in [5, 5.41) is 5.70.